The van der Waals surface area contributed by atoms with Crippen molar-refractivity contribution in [3.05, 3.63) is 224 Å². The Morgan fingerprint density at radius 1 is 0.314 bits per heavy atom. The Hall–Kier alpha value is -9.59. The molecule has 0 saturated carbocycles. The standard InChI is InChI=1S/C63H37N5O2/c1-4-17-38(18-5-1)43-33-32-42(57-48-25-12-15-29-53(48)70-60(43)57)40-31-36-54-50(37-40)56-49(26-16-30-55(56)69-54)62-64-61(39-19-6-2-7-20-39)65-63(66-62)68-52-28-14-11-24-45(52)47-35-34-46-44-23-10-13-27-51(44)67(58(46)59(47)68)41-21-8-3-9-22-41/h1-37H. The predicted octanol–water partition coefficient (Wildman–Crippen LogP) is 16.5. The number of hydrogen-bond acceptors (Lipinski definition) is 5. The van der Waals surface area contributed by atoms with Crippen LogP contribution in [0.2, 0.25) is 0 Å². The van der Waals surface area contributed by atoms with E-state index in [0.717, 1.165) is 121 Å². The van der Waals surface area contributed by atoms with Crippen LogP contribution in [-0.4, -0.2) is 24.1 Å². The van der Waals surface area contributed by atoms with E-state index in [9.17, 15) is 0 Å². The van der Waals surface area contributed by atoms with Gasteiger partial charge in [0.15, 0.2) is 11.6 Å². The quantitative estimate of drug-likeness (QED) is 0.166. The number of para-hydroxylation sites is 4. The van der Waals surface area contributed by atoms with E-state index in [-0.39, 0.29) is 0 Å². The van der Waals surface area contributed by atoms with Crippen LogP contribution in [-0.2, 0) is 0 Å². The smallest absolute Gasteiger partial charge is 0.238 e. The van der Waals surface area contributed by atoms with E-state index in [1.165, 1.54) is 5.39 Å². The van der Waals surface area contributed by atoms with Gasteiger partial charge in [-0.05, 0) is 71.3 Å². The van der Waals surface area contributed by atoms with Crippen molar-refractivity contribution in [2.75, 3.05) is 0 Å². The van der Waals surface area contributed by atoms with Crippen LogP contribution in [0.5, 0.6) is 0 Å². The van der Waals surface area contributed by atoms with Gasteiger partial charge in [0.1, 0.15) is 22.3 Å². The number of benzene rings is 10. The number of nitrogens with zero attached hydrogens (tertiary/aromatic N) is 5. The molecular weight excluding hydrogens is 859 g/mol. The van der Waals surface area contributed by atoms with Crippen molar-refractivity contribution in [1.82, 2.24) is 24.1 Å². The minimum absolute atomic E-state index is 0.519. The van der Waals surface area contributed by atoms with E-state index in [1.807, 2.05) is 48.5 Å². The van der Waals surface area contributed by atoms with Crippen molar-refractivity contribution in [3.63, 3.8) is 0 Å². The molecule has 0 aliphatic rings. The van der Waals surface area contributed by atoms with Crippen LogP contribution in [0.15, 0.2) is 233 Å². The molecule has 0 spiro atoms. The van der Waals surface area contributed by atoms with Gasteiger partial charge in [-0.3, -0.25) is 4.57 Å². The molecule has 5 aromatic heterocycles. The molecule has 0 atom stereocenters. The van der Waals surface area contributed by atoms with Gasteiger partial charge in [-0.2, -0.15) is 9.97 Å². The molecule has 15 aromatic rings. The monoisotopic (exact) mass is 895 g/mol. The average molecular weight is 896 g/mol. The third-order valence-corrected chi connectivity index (χ3v) is 14.0. The molecule has 15 rings (SSSR count). The van der Waals surface area contributed by atoms with Crippen LogP contribution < -0.4 is 0 Å². The van der Waals surface area contributed by atoms with Gasteiger partial charge in [-0.1, -0.05) is 170 Å². The van der Waals surface area contributed by atoms with E-state index >= 15 is 0 Å². The summed E-state index contributed by atoms with van der Waals surface area (Å²) in [6.45, 7) is 0. The maximum absolute atomic E-state index is 6.69. The summed E-state index contributed by atoms with van der Waals surface area (Å²) in [5.41, 5.74) is 14.5. The Balaban J connectivity index is 1.00. The van der Waals surface area contributed by atoms with Gasteiger partial charge >= 0.3 is 0 Å². The van der Waals surface area contributed by atoms with Gasteiger partial charge in [-0.15, -0.1) is 0 Å². The number of rotatable bonds is 6. The van der Waals surface area contributed by atoms with Gasteiger partial charge in [-0.25, -0.2) is 4.98 Å². The van der Waals surface area contributed by atoms with Crippen LogP contribution in [0.3, 0.4) is 0 Å². The summed E-state index contributed by atoms with van der Waals surface area (Å²) in [5.74, 6) is 1.63. The number of hydrogen-bond donors (Lipinski definition) is 0. The van der Waals surface area contributed by atoms with E-state index < -0.39 is 0 Å². The minimum Gasteiger partial charge on any atom is -0.456 e. The molecular formula is C63H37N5O2. The highest BCUT2D eigenvalue weighted by Gasteiger charge is 2.25. The first kappa shape index (κ1) is 38.5. The summed E-state index contributed by atoms with van der Waals surface area (Å²) < 4.78 is 18.0. The fourth-order valence-corrected chi connectivity index (χ4v) is 10.9. The van der Waals surface area contributed by atoms with Gasteiger partial charge in [0.2, 0.25) is 5.95 Å². The number of aromatic nitrogens is 5. The molecule has 10 aromatic carbocycles. The Bertz CT molecular complexity index is 4580. The Morgan fingerprint density at radius 2 is 0.900 bits per heavy atom. The lowest BCUT2D eigenvalue weighted by molar-refractivity contribution is 0.669. The largest absolute Gasteiger partial charge is 0.456 e. The maximum Gasteiger partial charge on any atom is 0.238 e. The molecule has 0 aliphatic carbocycles. The summed E-state index contributed by atoms with van der Waals surface area (Å²) >= 11 is 0. The summed E-state index contributed by atoms with van der Waals surface area (Å²) in [6, 6.07) is 78.3. The van der Waals surface area contributed by atoms with E-state index in [2.05, 4.69) is 185 Å². The molecule has 0 fully saturated rings. The highest BCUT2D eigenvalue weighted by Crippen LogP contribution is 2.45. The van der Waals surface area contributed by atoms with Crippen molar-refractivity contribution in [2.24, 2.45) is 0 Å². The second kappa shape index (κ2) is 15.0. The SMILES string of the molecule is c1ccc(-c2nc(-c3cccc4oc5ccc(-c6ccc(-c7ccccc7)c7oc8ccccc8c67)cc5c34)nc(-n3c4ccccc4c4ccc5c6ccccc6n(-c6ccccc6)c5c43)n2)cc1. The normalized spacial score (nSPS) is 12.0. The molecule has 0 N–H and O–H groups in total. The zero-order chi connectivity index (χ0) is 45.9. The summed E-state index contributed by atoms with van der Waals surface area (Å²) in [4.78, 5) is 16.3. The lowest BCUT2D eigenvalue weighted by Crippen LogP contribution is -2.07. The Kier molecular flexibility index (Phi) is 8.23. The summed E-state index contributed by atoms with van der Waals surface area (Å²) in [6.07, 6.45) is 0. The first-order chi connectivity index (χ1) is 34.7. The molecule has 7 heteroatoms. The van der Waals surface area contributed by atoms with Crippen molar-refractivity contribution in [3.8, 4) is 56.7 Å². The third-order valence-electron chi connectivity index (χ3n) is 14.0. The van der Waals surface area contributed by atoms with Gasteiger partial charge in [0.25, 0.3) is 0 Å². The van der Waals surface area contributed by atoms with E-state index in [4.69, 9.17) is 23.8 Å². The molecule has 0 bridgehead atoms. The second-order valence-electron chi connectivity index (χ2n) is 17.9. The zero-order valence-electron chi connectivity index (χ0n) is 37.4. The van der Waals surface area contributed by atoms with Gasteiger partial charge < -0.3 is 13.4 Å². The molecule has 5 heterocycles. The molecule has 70 heavy (non-hydrogen) atoms. The first-order valence-electron chi connectivity index (χ1n) is 23.5. The molecule has 0 saturated heterocycles. The highest BCUT2D eigenvalue weighted by molar-refractivity contribution is 6.24. The topological polar surface area (TPSA) is 74.8 Å². The van der Waals surface area contributed by atoms with E-state index in [1.54, 1.807) is 0 Å². The number of fused-ring (bicyclic) bond motifs is 13. The summed E-state index contributed by atoms with van der Waals surface area (Å²) in [5, 5.41) is 8.58. The first-order valence-corrected chi connectivity index (χ1v) is 23.5. The maximum atomic E-state index is 6.69. The van der Waals surface area contributed by atoms with Crippen LogP contribution in [0.4, 0.5) is 0 Å². The second-order valence-corrected chi connectivity index (χ2v) is 17.9. The molecule has 7 nitrogen and oxygen atoms in total. The van der Waals surface area contributed by atoms with Crippen molar-refractivity contribution in [2.45, 2.75) is 0 Å². The van der Waals surface area contributed by atoms with Crippen LogP contribution >= 0.6 is 0 Å². The average Bonchev–Trinajstić information content (AvgIpc) is 4.19. The van der Waals surface area contributed by atoms with Crippen molar-refractivity contribution >= 4 is 87.5 Å². The fourth-order valence-electron chi connectivity index (χ4n) is 10.9. The lowest BCUT2D eigenvalue weighted by Gasteiger charge is -2.13. The van der Waals surface area contributed by atoms with Gasteiger partial charge in [0, 0.05) is 65.5 Å². The molecule has 326 valence electrons. The van der Waals surface area contributed by atoms with Crippen LogP contribution in [0, 0.1) is 0 Å². The third kappa shape index (κ3) is 5.66. The number of furan rings is 2. The molecule has 0 radical (unpaired) electrons. The van der Waals surface area contributed by atoms with Crippen LogP contribution in [0.25, 0.3) is 144 Å². The molecule has 0 aliphatic heterocycles. The van der Waals surface area contributed by atoms with Gasteiger partial charge in [0.05, 0.1) is 22.1 Å². The van der Waals surface area contributed by atoms with Crippen molar-refractivity contribution < 1.29 is 8.83 Å². The highest BCUT2D eigenvalue weighted by atomic mass is 16.3. The predicted molar refractivity (Wildman–Crippen MR) is 285 cm³/mol. The Morgan fingerprint density at radius 3 is 1.66 bits per heavy atom. The molecule has 0 unspecified atom stereocenters. The minimum atomic E-state index is 0.519. The van der Waals surface area contributed by atoms with E-state index in [0.29, 0.717) is 17.6 Å². The lowest BCUT2D eigenvalue weighted by atomic mass is 9.93. The fraction of sp³-hybridized carbons (Fsp3) is 0. The Labute approximate surface area is 399 Å². The van der Waals surface area contributed by atoms with Crippen molar-refractivity contribution in [1.29, 1.82) is 0 Å². The zero-order valence-corrected chi connectivity index (χ0v) is 37.4. The summed E-state index contributed by atoms with van der Waals surface area (Å²) in [7, 11) is 0. The van der Waals surface area contributed by atoms with Crippen LogP contribution in [0.1, 0.15) is 0 Å². The molecule has 0 amide bonds.